The minimum atomic E-state index is -3.76. The van der Waals surface area contributed by atoms with Crippen LogP contribution in [0.1, 0.15) is 38.5 Å². The molecule has 0 spiro atoms. The van der Waals surface area contributed by atoms with Gasteiger partial charge < -0.3 is 15.1 Å². The predicted molar refractivity (Wildman–Crippen MR) is 114 cm³/mol. The Morgan fingerprint density at radius 1 is 1.03 bits per heavy atom. The molecule has 1 aromatic carbocycles. The Kier molecular flexibility index (Phi) is 6.31. The molecule has 9 heteroatoms. The first-order chi connectivity index (χ1) is 14.8. The van der Waals surface area contributed by atoms with Crippen molar-refractivity contribution >= 4 is 27.6 Å². The topological polar surface area (TPSA) is 104 Å². The van der Waals surface area contributed by atoms with Gasteiger partial charge in [0.25, 0.3) is 0 Å². The number of piperazine rings is 2. The fourth-order valence-electron chi connectivity index (χ4n) is 4.91. The van der Waals surface area contributed by atoms with Crippen LogP contribution in [0.5, 0.6) is 0 Å². The maximum atomic E-state index is 13.0. The highest BCUT2D eigenvalue weighted by molar-refractivity contribution is 7.92. The summed E-state index contributed by atoms with van der Waals surface area (Å²) >= 11 is 0. The maximum absolute atomic E-state index is 13.0. The van der Waals surface area contributed by atoms with Crippen molar-refractivity contribution < 1.29 is 22.8 Å². The predicted octanol–water partition coefficient (Wildman–Crippen LogP) is 0.969. The lowest BCUT2D eigenvalue weighted by atomic mass is 9.84. The van der Waals surface area contributed by atoms with Gasteiger partial charge in [0.05, 0.1) is 11.4 Å². The van der Waals surface area contributed by atoms with Gasteiger partial charge in [0, 0.05) is 13.1 Å². The molecule has 3 amide bonds. The molecule has 0 aromatic heterocycles. The third kappa shape index (κ3) is 4.76. The van der Waals surface area contributed by atoms with E-state index >= 15 is 0 Å². The Balaban J connectivity index is 1.38. The largest absolute Gasteiger partial charge is 0.342 e. The SMILES string of the molecule is O=C1N[C@@H](CC2CCCCC2)C(=O)N2CCN(C(=O)CS(=O)(=O)c3ccccc3)C[C@@H]12. The molecule has 0 bridgehead atoms. The summed E-state index contributed by atoms with van der Waals surface area (Å²) in [5.74, 6) is -1.08. The monoisotopic (exact) mass is 447 g/mol. The number of nitrogens with one attached hydrogen (secondary N) is 1. The van der Waals surface area contributed by atoms with Gasteiger partial charge in [-0.1, -0.05) is 50.3 Å². The van der Waals surface area contributed by atoms with Gasteiger partial charge in [-0.15, -0.1) is 0 Å². The molecule has 3 fully saturated rings. The number of amides is 3. The number of hydrogen-bond acceptors (Lipinski definition) is 5. The van der Waals surface area contributed by atoms with Crippen LogP contribution in [0.2, 0.25) is 0 Å². The molecule has 8 nitrogen and oxygen atoms in total. The zero-order valence-electron chi connectivity index (χ0n) is 17.5. The molecule has 2 aliphatic heterocycles. The standard InChI is InChI=1S/C22H29N3O5S/c26-20(15-31(29,30)17-9-5-2-6-10-17)24-11-12-25-19(14-24)21(27)23-18(22(25)28)13-16-7-3-1-4-8-16/h2,5-6,9-10,16,18-19H,1,3-4,7-8,11-15H2,(H,23,27)/t18-,19-/m0/s1. The molecule has 0 unspecified atom stereocenters. The zero-order chi connectivity index (χ0) is 22.0. The van der Waals surface area contributed by atoms with Crippen LogP contribution >= 0.6 is 0 Å². The summed E-state index contributed by atoms with van der Waals surface area (Å²) in [6, 6.07) is 6.59. The molecule has 0 radical (unpaired) electrons. The van der Waals surface area contributed by atoms with Crippen LogP contribution in [0.4, 0.5) is 0 Å². The van der Waals surface area contributed by atoms with Crippen molar-refractivity contribution in [3.05, 3.63) is 30.3 Å². The van der Waals surface area contributed by atoms with Gasteiger partial charge in [-0.05, 0) is 24.5 Å². The van der Waals surface area contributed by atoms with Gasteiger partial charge in [-0.2, -0.15) is 0 Å². The Bertz CT molecular complexity index is 943. The number of benzene rings is 1. The van der Waals surface area contributed by atoms with Gasteiger partial charge in [0.2, 0.25) is 17.7 Å². The molecular weight excluding hydrogens is 418 g/mol. The number of carbonyl (C=O) groups is 3. The van der Waals surface area contributed by atoms with Crippen LogP contribution in [0.25, 0.3) is 0 Å². The molecule has 4 rings (SSSR count). The molecule has 1 aliphatic carbocycles. The second kappa shape index (κ2) is 8.98. The van der Waals surface area contributed by atoms with Gasteiger partial charge in [0.1, 0.15) is 17.8 Å². The van der Waals surface area contributed by atoms with E-state index in [1.54, 1.807) is 23.1 Å². The van der Waals surface area contributed by atoms with Gasteiger partial charge in [-0.25, -0.2) is 8.42 Å². The van der Waals surface area contributed by atoms with Crippen molar-refractivity contribution in [2.45, 2.75) is 55.5 Å². The number of fused-ring (bicyclic) bond motifs is 1. The number of sulfone groups is 1. The molecule has 31 heavy (non-hydrogen) atoms. The van der Waals surface area contributed by atoms with Crippen molar-refractivity contribution in [2.24, 2.45) is 5.92 Å². The van der Waals surface area contributed by atoms with E-state index in [1.165, 1.54) is 36.3 Å². The van der Waals surface area contributed by atoms with Crippen molar-refractivity contribution in [1.29, 1.82) is 0 Å². The number of hydrogen-bond donors (Lipinski definition) is 1. The van der Waals surface area contributed by atoms with Crippen molar-refractivity contribution in [3.63, 3.8) is 0 Å². The van der Waals surface area contributed by atoms with Gasteiger partial charge in [-0.3, -0.25) is 14.4 Å². The minimum Gasteiger partial charge on any atom is -0.342 e. The Hall–Kier alpha value is -2.42. The first kappa shape index (κ1) is 21.8. The van der Waals surface area contributed by atoms with E-state index in [0.29, 0.717) is 12.3 Å². The van der Waals surface area contributed by atoms with Crippen LogP contribution in [-0.4, -0.2) is 73.4 Å². The number of carbonyl (C=O) groups excluding carboxylic acids is 3. The average Bonchev–Trinajstić information content (AvgIpc) is 2.78. The lowest BCUT2D eigenvalue weighted by Crippen LogP contribution is -2.70. The Labute approximate surface area is 182 Å². The fraction of sp³-hybridized carbons (Fsp3) is 0.591. The van der Waals surface area contributed by atoms with E-state index in [4.69, 9.17) is 0 Å². The Morgan fingerprint density at radius 3 is 2.45 bits per heavy atom. The molecule has 1 saturated carbocycles. The van der Waals surface area contributed by atoms with Gasteiger partial charge >= 0.3 is 0 Å². The summed E-state index contributed by atoms with van der Waals surface area (Å²) in [6.45, 7) is 0.501. The third-order valence-corrected chi connectivity index (χ3v) is 8.26. The summed E-state index contributed by atoms with van der Waals surface area (Å²) in [5, 5.41) is 2.86. The van der Waals surface area contributed by atoms with E-state index in [0.717, 1.165) is 12.8 Å². The zero-order valence-corrected chi connectivity index (χ0v) is 18.4. The van der Waals surface area contributed by atoms with E-state index in [2.05, 4.69) is 5.32 Å². The minimum absolute atomic E-state index is 0.0247. The quantitative estimate of drug-likeness (QED) is 0.724. The molecule has 2 saturated heterocycles. The summed E-state index contributed by atoms with van der Waals surface area (Å²) in [5.41, 5.74) is 0. The Morgan fingerprint density at radius 2 is 1.74 bits per heavy atom. The first-order valence-electron chi connectivity index (χ1n) is 11.0. The van der Waals surface area contributed by atoms with E-state index in [-0.39, 0.29) is 36.3 Å². The first-order valence-corrected chi connectivity index (χ1v) is 12.7. The highest BCUT2D eigenvalue weighted by atomic mass is 32.2. The van der Waals surface area contributed by atoms with Crippen LogP contribution in [0, 0.1) is 5.92 Å². The van der Waals surface area contributed by atoms with Crippen molar-refractivity contribution in [3.8, 4) is 0 Å². The summed E-state index contributed by atoms with van der Waals surface area (Å²) < 4.78 is 25.1. The fourth-order valence-corrected chi connectivity index (χ4v) is 6.15. The molecule has 1 aromatic rings. The molecule has 1 N–H and O–H groups in total. The smallest absolute Gasteiger partial charge is 0.245 e. The molecular formula is C22H29N3O5S. The molecule has 2 heterocycles. The maximum Gasteiger partial charge on any atom is 0.245 e. The van der Waals surface area contributed by atoms with E-state index < -0.39 is 33.6 Å². The number of rotatable bonds is 5. The second-order valence-electron chi connectivity index (χ2n) is 8.76. The van der Waals surface area contributed by atoms with Crippen LogP contribution in [0.3, 0.4) is 0 Å². The lowest BCUT2D eigenvalue weighted by molar-refractivity contribution is -0.155. The normalized spacial score (nSPS) is 25.2. The van der Waals surface area contributed by atoms with E-state index in [1.807, 2.05) is 0 Å². The summed E-state index contributed by atoms with van der Waals surface area (Å²) in [7, 11) is -3.76. The molecule has 168 valence electrons. The highest BCUT2D eigenvalue weighted by Gasteiger charge is 2.45. The van der Waals surface area contributed by atoms with Crippen molar-refractivity contribution in [2.75, 3.05) is 25.4 Å². The summed E-state index contributed by atoms with van der Waals surface area (Å²) in [6.07, 6.45) is 6.46. The lowest BCUT2D eigenvalue weighted by Gasteiger charge is -2.45. The highest BCUT2D eigenvalue weighted by Crippen LogP contribution is 2.29. The summed E-state index contributed by atoms with van der Waals surface area (Å²) in [4.78, 5) is 41.5. The number of nitrogens with zero attached hydrogens (tertiary/aromatic N) is 2. The molecule has 3 aliphatic rings. The van der Waals surface area contributed by atoms with Crippen molar-refractivity contribution in [1.82, 2.24) is 15.1 Å². The molecule has 2 atom stereocenters. The van der Waals surface area contributed by atoms with Crippen LogP contribution in [-0.2, 0) is 24.2 Å². The average molecular weight is 448 g/mol. The van der Waals surface area contributed by atoms with Crippen LogP contribution < -0.4 is 5.32 Å². The van der Waals surface area contributed by atoms with E-state index in [9.17, 15) is 22.8 Å². The van der Waals surface area contributed by atoms with Gasteiger partial charge in [0.15, 0.2) is 9.84 Å². The third-order valence-electron chi connectivity index (χ3n) is 6.64. The second-order valence-corrected chi connectivity index (χ2v) is 10.7. The van der Waals surface area contributed by atoms with Crippen LogP contribution in [0.15, 0.2) is 35.2 Å².